The Morgan fingerprint density at radius 2 is 1.93 bits per heavy atom. The number of rotatable bonds is 2. The largest absolute Gasteiger partial charge is 0.491 e. The average molecular weight is 408 g/mol. The van der Waals surface area contributed by atoms with Gasteiger partial charge in [0.2, 0.25) is 0 Å². The lowest BCUT2D eigenvalue weighted by molar-refractivity contribution is -0.189. The summed E-state index contributed by atoms with van der Waals surface area (Å²) in [6.45, 7) is 3.65. The zero-order chi connectivity index (χ0) is 21.0. The molecule has 2 fully saturated rings. The van der Waals surface area contributed by atoms with Crippen molar-refractivity contribution >= 4 is 18.0 Å². The molecule has 4 rings (SSSR count). The average Bonchev–Trinajstić information content (AvgIpc) is 2.96. The third-order valence-electron chi connectivity index (χ3n) is 6.95. The molecule has 3 aliphatic carbocycles. The number of carbonyl (C=O) groups is 2. The SMILES string of the molecule is CC(=O)O[C@H]1CC[C@H]2[C@@H]3C=Cc4cc(OC(=O)C(F)(F)F)ccc4[C@H]3CC[C@]12C. The lowest BCUT2D eigenvalue weighted by Gasteiger charge is -2.48. The second-order valence-corrected chi connectivity index (χ2v) is 8.55. The first kappa shape index (κ1) is 20.0. The van der Waals surface area contributed by atoms with E-state index < -0.39 is 12.1 Å². The van der Waals surface area contributed by atoms with Crippen molar-refractivity contribution in [3.63, 3.8) is 0 Å². The summed E-state index contributed by atoms with van der Waals surface area (Å²) in [4.78, 5) is 22.6. The smallest absolute Gasteiger partial charge is 0.462 e. The first-order valence-electron chi connectivity index (χ1n) is 9.88. The third kappa shape index (κ3) is 3.45. The molecule has 0 aromatic heterocycles. The summed E-state index contributed by atoms with van der Waals surface area (Å²) in [5.41, 5.74) is 1.80. The van der Waals surface area contributed by atoms with Crippen LogP contribution in [0.15, 0.2) is 24.3 Å². The van der Waals surface area contributed by atoms with Gasteiger partial charge in [0, 0.05) is 12.3 Å². The molecule has 1 aromatic carbocycles. The van der Waals surface area contributed by atoms with E-state index in [4.69, 9.17) is 4.74 Å². The topological polar surface area (TPSA) is 52.6 Å². The van der Waals surface area contributed by atoms with Crippen molar-refractivity contribution in [2.45, 2.75) is 57.7 Å². The van der Waals surface area contributed by atoms with Crippen LogP contribution in [0.3, 0.4) is 0 Å². The molecule has 0 heterocycles. The van der Waals surface area contributed by atoms with Crippen LogP contribution in [0, 0.1) is 17.3 Å². The molecule has 156 valence electrons. The Labute approximate surface area is 167 Å². The fourth-order valence-electron chi connectivity index (χ4n) is 5.65. The summed E-state index contributed by atoms with van der Waals surface area (Å²) >= 11 is 0. The fraction of sp³-hybridized carbons (Fsp3) is 0.545. The molecule has 0 bridgehead atoms. The molecule has 0 N–H and O–H groups in total. The van der Waals surface area contributed by atoms with Crippen LogP contribution in [0.2, 0.25) is 0 Å². The third-order valence-corrected chi connectivity index (χ3v) is 6.95. The summed E-state index contributed by atoms with van der Waals surface area (Å²) in [5.74, 6) is -1.62. The van der Waals surface area contributed by atoms with Crippen molar-refractivity contribution in [3.8, 4) is 5.75 Å². The number of carbonyl (C=O) groups excluding carboxylic acids is 2. The van der Waals surface area contributed by atoms with E-state index in [0.29, 0.717) is 11.8 Å². The zero-order valence-corrected chi connectivity index (χ0v) is 16.3. The molecule has 0 aliphatic heterocycles. The van der Waals surface area contributed by atoms with Crippen molar-refractivity contribution < 1.29 is 32.2 Å². The summed E-state index contributed by atoms with van der Waals surface area (Å²) in [7, 11) is 0. The molecule has 2 saturated carbocycles. The van der Waals surface area contributed by atoms with Gasteiger partial charge in [-0.3, -0.25) is 4.79 Å². The summed E-state index contributed by atoms with van der Waals surface area (Å²) in [5, 5.41) is 0. The van der Waals surface area contributed by atoms with Gasteiger partial charge in [0.1, 0.15) is 11.9 Å². The standard InChI is InChI=1S/C22H23F3O4/c1-12(26)28-19-8-7-18-17-5-3-13-11-14(29-20(27)22(23,24)25)4-6-15(13)16(17)9-10-21(18,19)2/h3-6,11,16-19H,7-10H2,1-2H3/t16-,17-,18+,19+,21+/m1/s1. The van der Waals surface area contributed by atoms with Crippen molar-refractivity contribution in [1.82, 2.24) is 0 Å². The van der Waals surface area contributed by atoms with E-state index in [0.717, 1.165) is 36.8 Å². The Morgan fingerprint density at radius 3 is 2.62 bits per heavy atom. The molecule has 1 aromatic rings. The van der Waals surface area contributed by atoms with E-state index >= 15 is 0 Å². The van der Waals surface area contributed by atoms with E-state index in [1.807, 2.05) is 6.08 Å². The van der Waals surface area contributed by atoms with Crippen LogP contribution in [-0.4, -0.2) is 24.2 Å². The molecule has 0 unspecified atom stereocenters. The molecule has 7 heteroatoms. The van der Waals surface area contributed by atoms with E-state index in [2.05, 4.69) is 17.7 Å². The van der Waals surface area contributed by atoms with Crippen molar-refractivity contribution in [2.75, 3.05) is 0 Å². The van der Waals surface area contributed by atoms with E-state index in [9.17, 15) is 22.8 Å². The van der Waals surface area contributed by atoms with Gasteiger partial charge in [-0.15, -0.1) is 0 Å². The minimum absolute atomic E-state index is 0.0587. The molecule has 0 radical (unpaired) electrons. The number of halogens is 3. The van der Waals surface area contributed by atoms with Crippen LogP contribution in [0.1, 0.15) is 56.6 Å². The molecular formula is C22H23F3O4. The van der Waals surface area contributed by atoms with Gasteiger partial charge in [-0.1, -0.05) is 25.1 Å². The first-order chi connectivity index (χ1) is 13.6. The highest BCUT2D eigenvalue weighted by atomic mass is 19.4. The minimum Gasteiger partial charge on any atom is -0.462 e. The van der Waals surface area contributed by atoms with E-state index in [-0.39, 0.29) is 29.2 Å². The maximum absolute atomic E-state index is 12.4. The predicted molar refractivity (Wildman–Crippen MR) is 99.0 cm³/mol. The van der Waals surface area contributed by atoms with Crippen molar-refractivity contribution in [3.05, 3.63) is 35.4 Å². The van der Waals surface area contributed by atoms with Crippen molar-refractivity contribution in [1.29, 1.82) is 0 Å². The van der Waals surface area contributed by atoms with Crippen LogP contribution in [-0.2, 0) is 14.3 Å². The lowest BCUT2D eigenvalue weighted by atomic mass is 9.57. The van der Waals surface area contributed by atoms with Gasteiger partial charge in [-0.2, -0.15) is 13.2 Å². The molecule has 0 amide bonds. The number of benzene rings is 1. The van der Waals surface area contributed by atoms with Gasteiger partial charge in [0.15, 0.2) is 0 Å². The van der Waals surface area contributed by atoms with Crippen LogP contribution >= 0.6 is 0 Å². The molecule has 0 saturated heterocycles. The monoisotopic (exact) mass is 408 g/mol. The lowest BCUT2D eigenvalue weighted by Crippen LogP contribution is -2.43. The van der Waals surface area contributed by atoms with Gasteiger partial charge in [0.25, 0.3) is 0 Å². The first-order valence-corrected chi connectivity index (χ1v) is 9.88. The second kappa shape index (κ2) is 6.89. The quantitative estimate of drug-likeness (QED) is 0.509. The van der Waals surface area contributed by atoms with Gasteiger partial charge >= 0.3 is 18.1 Å². The Balaban J connectivity index is 1.57. The molecule has 0 spiro atoms. The van der Waals surface area contributed by atoms with Gasteiger partial charge in [-0.05, 0) is 66.7 Å². The highest BCUT2D eigenvalue weighted by molar-refractivity contribution is 5.78. The summed E-state index contributed by atoms with van der Waals surface area (Å²) in [6, 6.07) is 4.70. The number of alkyl halides is 3. The maximum Gasteiger partial charge on any atom is 0.491 e. The Hall–Kier alpha value is -2.31. The molecule has 3 aliphatic rings. The number of hydrogen-bond donors (Lipinski definition) is 0. The van der Waals surface area contributed by atoms with Crippen LogP contribution in [0.4, 0.5) is 13.2 Å². The summed E-state index contributed by atoms with van der Waals surface area (Å²) in [6.07, 6.45) is 2.62. The summed E-state index contributed by atoms with van der Waals surface area (Å²) < 4.78 is 47.4. The van der Waals surface area contributed by atoms with Gasteiger partial charge in [-0.25, -0.2) is 4.79 Å². The fourth-order valence-corrected chi connectivity index (χ4v) is 5.65. The van der Waals surface area contributed by atoms with Crippen molar-refractivity contribution in [2.24, 2.45) is 17.3 Å². The number of hydrogen-bond acceptors (Lipinski definition) is 4. The Morgan fingerprint density at radius 1 is 1.17 bits per heavy atom. The van der Waals surface area contributed by atoms with Crippen LogP contribution < -0.4 is 4.74 Å². The van der Waals surface area contributed by atoms with Gasteiger partial charge < -0.3 is 9.47 Å². The Bertz CT molecular complexity index is 875. The molecule has 5 atom stereocenters. The molecule has 29 heavy (non-hydrogen) atoms. The maximum atomic E-state index is 12.4. The number of esters is 2. The number of fused-ring (bicyclic) bond motifs is 5. The highest BCUT2D eigenvalue weighted by Crippen LogP contribution is 2.60. The van der Waals surface area contributed by atoms with E-state index in [1.54, 1.807) is 6.07 Å². The van der Waals surface area contributed by atoms with Crippen LogP contribution in [0.5, 0.6) is 5.75 Å². The Kier molecular flexibility index (Phi) is 4.74. The molecular weight excluding hydrogens is 385 g/mol. The molecule has 4 nitrogen and oxygen atoms in total. The van der Waals surface area contributed by atoms with E-state index in [1.165, 1.54) is 19.1 Å². The van der Waals surface area contributed by atoms with Gasteiger partial charge in [0.05, 0.1) is 0 Å². The highest BCUT2D eigenvalue weighted by Gasteiger charge is 2.55. The minimum atomic E-state index is -5.02. The van der Waals surface area contributed by atoms with Crippen LogP contribution in [0.25, 0.3) is 6.08 Å². The normalized spacial score (nSPS) is 32.7. The number of ether oxygens (including phenoxy) is 2. The zero-order valence-electron chi connectivity index (χ0n) is 16.3. The second-order valence-electron chi connectivity index (χ2n) is 8.55. The predicted octanol–water partition coefficient (Wildman–Crippen LogP) is 5.02. The number of allylic oxidation sites excluding steroid dienone is 1.